The van der Waals surface area contributed by atoms with Crippen molar-refractivity contribution in [3.63, 3.8) is 0 Å². The smallest absolute Gasteiger partial charge is 0.128 e. The molecule has 1 aromatic carbocycles. The molecule has 0 saturated carbocycles. The number of nitrogens with one attached hydrogen (secondary N) is 1. The molecule has 0 fully saturated rings. The summed E-state index contributed by atoms with van der Waals surface area (Å²) in [5.41, 5.74) is 3.55. The van der Waals surface area contributed by atoms with Crippen LogP contribution in [0.4, 0.5) is 0 Å². The number of hydrogen-bond donors (Lipinski definition) is 1. The van der Waals surface area contributed by atoms with Gasteiger partial charge in [-0.1, -0.05) is 29.4 Å². The maximum atomic E-state index is 5.46. The first-order valence-electron chi connectivity index (χ1n) is 6.13. The molecule has 0 aliphatic rings. The van der Waals surface area contributed by atoms with Crippen molar-refractivity contribution in [1.29, 1.82) is 0 Å². The van der Waals surface area contributed by atoms with Crippen LogP contribution in [0.3, 0.4) is 0 Å². The van der Waals surface area contributed by atoms with Crippen LogP contribution < -0.4 is 5.32 Å². The topological polar surface area (TPSA) is 47.3 Å². The Morgan fingerprint density at radius 1 is 1.22 bits per heavy atom. The Bertz CT molecular complexity index is 455. The van der Waals surface area contributed by atoms with Crippen LogP contribution in [0.2, 0.25) is 0 Å². The molecule has 0 unspecified atom stereocenters. The second kappa shape index (κ2) is 6.93. The molecule has 96 valence electrons. The van der Waals surface area contributed by atoms with E-state index in [1.54, 1.807) is 12.5 Å². The average molecular weight is 246 g/mol. The molecule has 0 saturated heterocycles. The number of hydrogen-bond acceptors (Lipinski definition) is 4. The maximum absolute atomic E-state index is 5.46. The van der Waals surface area contributed by atoms with E-state index in [0.29, 0.717) is 6.61 Å². The number of nitrogens with zero attached hydrogens (tertiary/aromatic N) is 1. The third kappa shape index (κ3) is 3.68. The SMILES string of the molecule is CCOCc1ccccc1CNCc1cnoc1. The second-order valence-corrected chi connectivity index (χ2v) is 4.04. The zero-order chi connectivity index (χ0) is 12.6. The molecule has 0 spiro atoms. The third-order valence-electron chi connectivity index (χ3n) is 2.71. The standard InChI is InChI=1S/C14H18N2O2/c1-2-17-11-14-6-4-3-5-13(14)9-15-7-12-8-16-18-10-12/h3-6,8,10,15H,2,7,9,11H2,1H3. The molecule has 0 aliphatic carbocycles. The van der Waals surface area contributed by atoms with Crippen molar-refractivity contribution in [2.24, 2.45) is 0 Å². The first-order chi connectivity index (χ1) is 8.90. The first kappa shape index (κ1) is 12.8. The van der Waals surface area contributed by atoms with Gasteiger partial charge in [-0.3, -0.25) is 0 Å². The fourth-order valence-electron chi connectivity index (χ4n) is 1.74. The highest BCUT2D eigenvalue weighted by Gasteiger charge is 2.02. The maximum Gasteiger partial charge on any atom is 0.128 e. The van der Waals surface area contributed by atoms with Gasteiger partial charge < -0.3 is 14.6 Å². The van der Waals surface area contributed by atoms with Gasteiger partial charge in [-0.05, 0) is 18.1 Å². The second-order valence-electron chi connectivity index (χ2n) is 4.04. The van der Waals surface area contributed by atoms with Crippen LogP contribution in [0.5, 0.6) is 0 Å². The van der Waals surface area contributed by atoms with Crippen LogP contribution in [-0.2, 0) is 24.4 Å². The highest BCUT2D eigenvalue weighted by Crippen LogP contribution is 2.10. The predicted molar refractivity (Wildman–Crippen MR) is 68.8 cm³/mol. The Morgan fingerprint density at radius 3 is 2.78 bits per heavy atom. The van der Waals surface area contributed by atoms with Gasteiger partial charge in [-0.15, -0.1) is 0 Å². The lowest BCUT2D eigenvalue weighted by molar-refractivity contribution is 0.133. The Morgan fingerprint density at radius 2 is 2.06 bits per heavy atom. The van der Waals surface area contributed by atoms with Gasteiger partial charge in [0, 0.05) is 25.3 Å². The summed E-state index contributed by atoms with van der Waals surface area (Å²) in [5, 5.41) is 7.04. The van der Waals surface area contributed by atoms with E-state index in [-0.39, 0.29) is 0 Å². The minimum atomic E-state index is 0.668. The Balaban J connectivity index is 1.87. The molecule has 18 heavy (non-hydrogen) atoms. The van der Waals surface area contributed by atoms with Crippen molar-refractivity contribution in [3.8, 4) is 0 Å². The molecule has 0 amide bonds. The van der Waals surface area contributed by atoms with Crippen LogP contribution in [0.25, 0.3) is 0 Å². The Kier molecular flexibility index (Phi) is 4.93. The van der Waals surface area contributed by atoms with Crippen LogP contribution in [0, 0.1) is 0 Å². The monoisotopic (exact) mass is 246 g/mol. The fourth-order valence-corrected chi connectivity index (χ4v) is 1.74. The Hall–Kier alpha value is -1.65. The van der Waals surface area contributed by atoms with Gasteiger partial charge in [0.25, 0.3) is 0 Å². The van der Waals surface area contributed by atoms with Gasteiger partial charge in [0.15, 0.2) is 0 Å². The summed E-state index contributed by atoms with van der Waals surface area (Å²) in [6.45, 7) is 4.98. The molecule has 2 aromatic rings. The van der Waals surface area contributed by atoms with Gasteiger partial charge in [0.2, 0.25) is 0 Å². The summed E-state index contributed by atoms with van der Waals surface area (Å²) in [7, 11) is 0. The van der Waals surface area contributed by atoms with Crippen molar-refractivity contribution in [1.82, 2.24) is 10.5 Å². The first-order valence-corrected chi connectivity index (χ1v) is 6.13. The van der Waals surface area contributed by atoms with Crippen LogP contribution in [0.1, 0.15) is 23.6 Å². The molecule has 0 bridgehead atoms. The summed E-state index contributed by atoms with van der Waals surface area (Å²) in [5.74, 6) is 0. The molecule has 1 N–H and O–H groups in total. The van der Waals surface area contributed by atoms with E-state index in [9.17, 15) is 0 Å². The van der Waals surface area contributed by atoms with Crippen molar-refractivity contribution < 1.29 is 9.26 Å². The molecular formula is C14H18N2O2. The largest absolute Gasteiger partial charge is 0.377 e. The predicted octanol–water partition coefficient (Wildman–Crippen LogP) is 2.50. The van der Waals surface area contributed by atoms with E-state index in [1.165, 1.54) is 11.1 Å². The fraction of sp³-hybridized carbons (Fsp3) is 0.357. The number of benzene rings is 1. The molecule has 1 aromatic heterocycles. The van der Waals surface area contributed by atoms with Gasteiger partial charge in [-0.2, -0.15) is 0 Å². The Labute approximate surface area is 107 Å². The van der Waals surface area contributed by atoms with Crippen molar-refractivity contribution in [2.75, 3.05) is 6.61 Å². The lowest BCUT2D eigenvalue weighted by Gasteiger charge is -2.10. The summed E-state index contributed by atoms with van der Waals surface area (Å²) >= 11 is 0. The zero-order valence-electron chi connectivity index (χ0n) is 10.6. The third-order valence-corrected chi connectivity index (χ3v) is 2.71. The zero-order valence-corrected chi connectivity index (χ0v) is 10.6. The molecular weight excluding hydrogens is 228 g/mol. The van der Waals surface area contributed by atoms with E-state index in [1.807, 2.05) is 19.1 Å². The van der Waals surface area contributed by atoms with E-state index in [2.05, 4.69) is 22.6 Å². The molecule has 1 heterocycles. The normalized spacial score (nSPS) is 10.7. The number of rotatable bonds is 7. The van der Waals surface area contributed by atoms with Crippen LogP contribution in [0.15, 0.2) is 41.2 Å². The number of aromatic nitrogens is 1. The molecule has 0 aliphatic heterocycles. The lowest BCUT2D eigenvalue weighted by Crippen LogP contribution is -2.13. The van der Waals surface area contributed by atoms with Crippen LogP contribution >= 0.6 is 0 Å². The van der Waals surface area contributed by atoms with E-state index in [0.717, 1.165) is 25.3 Å². The van der Waals surface area contributed by atoms with E-state index >= 15 is 0 Å². The van der Waals surface area contributed by atoms with Gasteiger partial charge in [0.1, 0.15) is 6.26 Å². The highest BCUT2D eigenvalue weighted by atomic mass is 16.5. The molecule has 2 rings (SSSR count). The summed E-state index contributed by atoms with van der Waals surface area (Å²) in [6.07, 6.45) is 3.37. The average Bonchev–Trinajstić information content (AvgIpc) is 2.91. The van der Waals surface area contributed by atoms with Crippen molar-refractivity contribution in [2.45, 2.75) is 26.6 Å². The van der Waals surface area contributed by atoms with E-state index in [4.69, 9.17) is 9.26 Å². The molecule has 0 radical (unpaired) electrons. The highest BCUT2D eigenvalue weighted by molar-refractivity contribution is 5.26. The molecule has 0 atom stereocenters. The van der Waals surface area contributed by atoms with E-state index < -0.39 is 0 Å². The lowest BCUT2D eigenvalue weighted by atomic mass is 10.1. The van der Waals surface area contributed by atoms with Crippen molar-refractivity contribution in [3.05, 3.63) is 53.4 Å². The molecule has 4 nitrogen and oxygen atoms in total. The number of ether oxygens (including phenoxy) is 1. The summed E-state index contributed by atoms with van der Waals surface area (Å²) in [4.78, 5) is 0. The summed E-state index contributed by atoms with van der Waals surface area (Å²) < 4.78 is 10.2. The van der Waals surface area contributed by atoms with Gasteiger partial charge in [0.05, 0.1) is 12.8 Å². The van der Waals surface area contributed by atoms with Crippen molar-refractivity contribution >= 4 is 0 Å². The van der Waals surface area contributed by atoms with Gasteiger partial charge >= 0.3 is 0 Å². The minimum absolute atomic E-state index is 0.668. The minimum Gasteiger partial charge on any atom is -0.377 e. The van der Waals surface area contributed by atoms with Crippen LogP contribution in [-0.4, -0.2) is 11.8 Å². The quantitative estimate of drug-likeness (QED) is 0.815. The van der Waals surface area contributed by atoms with Gasteiger partial charge in [-0.25, -0.2) is 0 Å². The summed E-state index contributed by atoms with van der Waals surface area (Å²) in [6, 6.07) is 8.31. The molecule has 4 heteroatoms.